The van der Waals surface area contributed by atoms with Crippen LogP contribution in [-0.2, 0) is 9.53 Å². The summed E-state index contributed by atoms with van der Waals surface area (Å²) in [4.78, 5) is 11.2. The molecule has 0 radical (unpaired) electrons. The highest BCUT2D eigenvalue weighted by atomic mass is 79.9. The molecule has 0 aromatic carbocycles. The van der Waals surface area contributed by atoms with Gasteiger partial charge < -0.3 is 4.74 Å². The maximum atomic E-state index is 11.2. The standard InChI is InChI=1S/C11H17BrO2/c1-8-4-5-9(6-10(13)14-3)11(8,2)7-12/h9H,1,4-7H2,2-3H3/t9-,11+/m0/s1. The van der Waals surface area contributed by atoms with Gasteiger partial charge in [-0.1, -0.05) is 35.0 Å². The van der Waals surface area contributed by atoms with E-state index in [-0.39, 0.29) is 11.4 Å². The Labute approximate surface area is 93.8 Å². The maximum absolute atomic E-state index is 11.2. The number of carbonyl (C=O) groups excluding carboxylic acids is 1. The monoisotopic (exact) mass is 260 g/mol. The Kier molecular flexibility index (Phi) is 3.76. The Hall–Kier alpha value is -0.310. The van der Waals surface area contributed by atoms with Gasteiger partial charge in [0, 0.05) is 17.2 Å². The van der Waals surface area contributed by atoms with Gasteiger partial charge in [0.25, 0.3) is 0 Å². The van der Waals surface area contributed by atoms with Gasteiger partial charge in [-0.15, -0.1) is 0 Å². The van der Waals surface area contributed by atoms with Gasteiger partial charge in [0.05, 0.1) is 7.11 Å². The van der Waals surface area contributed by atoms with Crippen molar-refractivity contribution < 1.29 is 9.53 Å². The molecule has 0 heterocycles. The third-order valence-corrected chi connectivity index (χ3v) is 4.59. The molecule has 0 aliphatic heterocycles. The predicted molar refractivity (Wildman–Crippen MR) is 60.4 cm³/mol. The highest BCUT2D eigenvalue weighted by Gasteiger charge is 2.41. The van der Waals surface area contributed by atoms with Gasteiger partial charge in [0.1, 0.15) is 0 Å². The molecule has 1 aliphatic carbocycles. The normalized spacial score (nSPS) is 31.9. The second kappa shape index (κ2) is 4.47. The molecule has 2 atom stereocenters. The lowest BCUT2D eigenvalue weighted by Gasteiger charge is -2.30. The number of esters is 1. The van der Waals surface area contributed by atoms with Crippen LogP contribution in [0, 0.1) is 11.3 Å². The van der Waals surface area contributed by atoms with Gasteiger partial charge in [-0.25, -0.2) is 0 Å². The number of carbonyl (C=O) groups is 1. The molecule has 0 aromatic rings. The largest absolute Gasteiger partial charge is 0.469 e. The Balaban J connectivity index is 2.70. The molecule has 80 valence electrons. The van der Waals surface area contributed by atoms with E-state index in [0.29, 0.717) is 12.3 Å². The molecule has 0 unspecified atom stereocenters. The third kappa shape index (κ3) is 2.02. The minimum Gasteiger partial charge on any atom is -0.469 e. The van der Waals surface area contributed by atoms with Crippen LogP contribution < -0.4 is 0 Å². The average molecular weight is 261 g/mol. The molecular weight excluding hydrogens is 244 g/mol. The number of alkyl halides is 1. The van der Waals surface area contributed by atoms with E-state index in [2.05, 4.69) is 29.4 Å². The number of ether oxygens (including phenoxy) is 1. The molecule has 1 aliphatic rings. The summed E-state index contributed by atoms with van der Waals surface area (Å²) in [7, 11) is 1.44. The van der Waals surface area contributed by atoms with Gasteiger partial charge in [-0.05, 0) is 18.8 Å². The topological polar surface area (TPSA) is 26.3 Å². The summed E-state index contributed by atoms with van der Waals surface area (Å²) >= 11 is 3.51. The zero-order valence-corrected chi connectivity index (χ0v) is 10.4. The lowest BCUT2D eigenvalue weighted by Crippen LogP contribution is -2.27. The molecule has 0 amide bonds. The molecule has 2 nitrogen and oxygen atoms in total. The molecule has 3 heteroatoms. The van der Waals surface area contributed by atoms with E-state index >= 15 is 0 Å². The van der Waals surface area contributed by atoms with Crippen molar-refractivity contribution >= 4 is 21.9 Å². The fourth-order valence-electron chi connectivity index (χ4n) is 2.06. The fraction of sp³-hybridized carbons (Fsp3) is 0.727. The summed E-state index contributed by atoms with van der Waals surface area (Å²) in [5, 5.41) is 0.875. The van der Waals surface area contributed by atoms with Crippen LogP contribution in [-0.4, -0.2) is 18.4 Å². The van der Waals surface area contributed by atoms with E-state index in [9.17, 15) is 4.79 Å². The molecular formula is C11H17BrO2. The average Bonchev–Trinajstić information content (AvgIpc) is 2.46. The summed E-state index contributed by atoms with van der Waals surface area (Å²) in [6.07, 6.45) is 2.59. The minimum atomic E-state index is -0.114. The van der Waals surface area contributed by atoms with E-state index in [1.165, 1.54) is 12.7 Å². The Morgan fingerprint density at radius 2 is 2.43 bits per heavy atom. The van der Waals surface area contributed by atoms with Gasteiger partial charge in [-0.2, -0.15) is 0 Å². The van der Waals surface area contributed by atoms with Crippen molar-refractivity contribution in [1.82, 2.24) is 0 Å². The molecule has 0 spiro atoms. The molecule has 1 rings (SSSR count). The molecule has 0 N–H and O–H groups in total. The Morgan fingerprint density at radius 1 is 1.79 bits per heavy atom. The van der Waals surface area contributed by atoms with Gasteiger partial charge in [0.15, 0.2) is 0 Å². The highest BCUT2D eigenvalue weighted by Crippen LogP contribution is 2.49. The first-order chi connectivity index (χ1) is 6.54. The van der Waals surface area contributed by atoms with Crippen LogP contribution in [0.15, 0.2) is 12.2 Å². The molecule has 0 saturated heterocycles. The van der Waals surface area contributed by atoms with Crippen molar-refractivity contribution in [2.24, 2.45) is 11.3 Å². The van der Waals surface area contributed by atoms with Crippen LogP contribution in [0.2, 0.25) is 0 Å². The first kappa shape index (κ1) is 11.8. The van der Waals surface area contributed by atoms with Gasteiger partial charge in [0.2, 0.25) is 0 Å². The van der Waals surface area contributed by atoms with Crippen molar-refractivity contribution in [2.45, 2.75) is 26.2 Å². The molecule has 0 bridgehead atoms. The van der Waals surface area contributed by atoms with Crippen LogP contribution in [0.1, 0.15) is 26.2 Å². The molecule has 1 saturated carbocycles. The van der Waals surface area contributed by atoms with E-state index in [4.69, 9.17) is 4.74 Å². The van der Waals surface area contributed by atoms with Gasteiger partial charge in [-0.3, -0.25) is 4.79 Å². The number of allylic oxidation sites excluding steroid dienone is 1. The van der Waals surface area contributed by atoms with Gasteiger partial charge >= 0.3 is 5.97 Å². The minimum absolute atomic E-state index is 0.0637. The lowest BCUT2D eigenvalue weighted by atomic mass is 9.78. The fourth-order valence-corrected chi connectivity index (χ4v) is 2.91. The number of rotatable bonds is 3. The van der Waals surface area contributed by atoms with E-state index < -0.39 is 0 Å². The second-order valence-corrected chi connectivity index (χ2v) is 4.73. The first-order valence-corrected chi connectivity index (χ1v) is 5.97. The van der Waals surface area contributed by atoms with Crippen LogP contribution in [0.4, 0.5) is 0 Å². The second-order valence-electron chi connectivity index (χ2n) is 4.17. The highest BCUT2D eigenvalue weighted by molar-refractivity contribution is 9.09. The van der Waals surface area contributed by atoms with E-state index in [0.717, 1.165) is 18.2 Å². The lowest BCUT2D eigenvalue weighted by molar-refractivity contribution is -0.142. The van der Waals surface area contributed by atoms with Crippen molar-refractivity contribution in [3.63, 3.8) is 0 Å². The SMILES string of the molecule is C=C1CC[C@@H](CC(=O)OC)[C@]1(C)CBr. The summed E-state index contributed by atoms with van der Waals surface area (Å²) in [6.45, 7) is 6.25. The number of halogens is 1. The molecule has 14 heavy (non-hydrogen) atoms. The summed E-state index contributed by atoms with van der Waals surface area (Å²) < 4.78 is 4.70. The molecule has 1 fully saturated rings. The van der Waals surface area contributed by atoms with Crippen LogP contribution in [0.25, 0.3) is 0 Å². The maximum Gasteiger partial charge on any atom is 0.305 e. The quantitative estimate of drug-likeness (QED) is 0.443. The predicted octanol–water partition coefficient (Wildman–Crippen LogP) is 2.92. The van der Waals surface area contributed by atoms with Crippen molar-refractivity contribution in [3.8, 4) is 0 Å². The summed E-state index contributed by atoms with van der Waals surface area (Å²) in [5.41, 5.74) is 1.32. The van der Waals surface area contributed by atoms with Crippen molar-refractivity contribution in [3.05, 3.63) is 12.2 Å². The zero-order chi connectivity index (χ0) is 10.8. The number of methoxy groups -OCH3 is 1. The van der Waals surface area contributed by atoms with Crippen molar-refractivity contribution in [2.75, 3.05) is 12.4 Å². The van der Waals surface area contributed by atoms with Crippen molar-refractivity contribution in [1.29, 1.82) is 0 Å². The van der Waals surface area contributed by atoms with E-state index in [1.54, 1.807) is 0 Å². The Morgan fingerprint density at radius 3 is 2.93 bits per heavy atom. The zero-order valence-electron chi connectivity index (χ0n) is 8.81. The molecule has 0 aromatic heterocycles. The first-order valence-electron chi connectivity index (χ1n) is 4.85. The van der Waals surface area contributed by atoms with Crippen LogP contribution in [0.3, 0.4) is 0 Å². The number of hydrogen-bond acceptors (Lipinski definition) is 2. The smallest absolute Gasteiger partial charge is 0.305 e. The number of hydrogen-bond donors (Lipinski definition) is 0. The van der Waals surface area contributed by atoms with Crippen LogP contribution in [0.5, 0.6) is 0 Å². The summed E-state index contributed by atoms with van der Waals surface area (Å²) in [5.74, 6) is 0.263. The van der Waals surface area contributed by atoms with E-state index in [1.807, 2.05) is 0 Å². The Bertz CT molecular complexity index is 250. The third-order valence-electron chi connectivity index (χ3n) is 3.42. The van der Waals surface area contributed by atoms with Crippen LogP contribution >= 0.6 is 15.9 Å². The summed E-state index contributed by atoms with van der Waals surface area (Å²) in [6, 6.07) is 0.